The molecule has 0 saturated carbocycles. The van der Waals surface area contributed by atoms with E-state index in [0.29, 0.717) is 18.1 Å². The number of hydrogen-bond acceptors (Lipinski definition) is 6. The molecule has 26 heavy (non-hydrogen) atoms. The van der Waals surface area contributed by atoms with E-state index >= 15 is 0 Å². The molecule has 136 valence electrons. The third-order valence-electron chi connectivity index (χ3n) is 5.91. The van der Waals surface area contributed by atoms with Crippen molar-refractivity contribution in [3.8, 4) is 5.75 Å². The average molecular weight is 353 g/mol. The summed E-state index contributed by atoms with van der Waals surface area (Å²) in [5, 5.41) is 19.9. The van der Waals surface area contributed by atoms with Crippen LogP contribution in [0, 0.1) is 5.92 Å². The fraction of sp³-hybridized carbons (Fsp3) is 0.474. The molecule has 1 aromatic carbocycles. The number of benzene rings is 1. The first-order valence-electron chi connectivity index (χ1n) is 9.31. The first kappa shape index (κ1) is 17.5. The second-order valence-corrected chi connectivity index (χ2v) is 7.40. The summed E-state index contributed by atoms with van der Waals surface area (Å²) in [6.07, 6.45) is 6.03. The summed E-state index contributed by atoms with van der Waals surface area (Å²) >= 11 is 0. The van der Waals surface area contributed by atoms with Gasteiger partial charge >= 0.3 is 7.12 Å². The highest BCUT2D eigenvalue weighted by Gasteiger charge is 2.49. The molecule has 6 nitrogen and oxygen atoms in total. The van der Waals surface area contributed by atoms with E-state index in [9.17, 15) is 10.0 Å². The van der Waals surface area contributed by atoms with E-state index in [2.05, 4.69) is 22.4 Å². The molecule has 0 amide bonds. The predicted octanol–water partition coefficient (Wildman–Crippen LogP) is 1.38. The van der Waals surface area contributed by atoms with Gasteiger partial charge in [0.05, 0.1) is 11.0 Å². The second-order valence-electron chi connectivity index (χ2n) is 7.40. The van der Waals surface area contributed by atoms with Crippen LogP contribution < -0.4 is 10.3 Å². The van der Waals surface area contributed by atoms with Crippen LogP contribution in [0.4, 0.5) is 0 Å². The molecule has 2 aromatic rings. The number of hydroxylamine groups is 1. The second kappa shape index (κ2) is 6.98. The van der Waals surface area contributed by atoms with Crippen LogP contribution in [-0.4, -0.2) is 33.7 Å². The van der Waals surface area contributed by atoms with Crippen LogP contribution in [0.5, 0.6) is 5.75 Å². The molecule has 0 saturated heterocycles. The maximum absolute atomic E-state index is 10.4. The molecular weight excluding hydrogens is 329 g/mol. The Bertz CT molecular complexity index is 801. The molecular formula is C19H24BN3O3. The van der Waals surface area contributed by atoms with Gasteiger partial charge in [-0.05, 0) is 48.8 Å². The zero-order chi connectivity index (χ0) is 18.1. The van der Waals surface area contributed by atoms with Crippen molar-refractivity contribution in [2.45, 2.75) is 44.3 Å². The van der Waals surface area contributed by atoms with Crippen LogP contribution in [0.15, 0.2) is 30.6 Å². The maximum atomic E-state index is 10.4. The molecule has 2 atom stereocenters. The highest BCUT2D eigenvalue weighted by Crippen LogP contribution is 2.38. The molecule has 1 unspecified atom stereocenters. The minimum Gasteiger partial charge on any atom is -0.426 e. The summed E-state index contributed by atoms with van der Waals surface area (Å²) < 4.78 is 0. The number of rotatable bonds is 3. The van der Waals surface area contributed by atoms with Crippen molar-refractivity contribution < 1.29 is 14.9 Å². The fourth-order valence-electron chi connectivity index (χ4n) is 4.26. The van der Waals surface area contributed by atoms with E-state index in [1.54, 1.807) is 6.33 Å². The highest BCUT2D eigenvalue weighted by molar-refractivity contribution is 6.46. The lowest BCUT2D eigenvalue weighted by Crippen LogP contribution is -2.53. The molecule has 1 aromatic heterocycles. The molecule has 3 N–H and O–H groups in total. The van der Waals surface area contributed by atoms with Crippen LogP contribution in [-0.2, 0) is 24.6 Å². The lowest BCUT2D eigenvalue weighted by Gasteiger charge is -2.34. The van der Waals surface area contributed by atoms with Crippen molar-refractivity contribution in [2.75, 3.05) is 6.54 Å². The Morgan fingerprint density at radius 2 is 2.15 bits per heavy atom. The van der Waals surface area contributed by atoms with Gasteiger partial charge in [0.15, 0.2) is 0 Å². The number of hydrogen-bond donors (Lipinski definition) is 3. The van der Waals surface area contributed by atoms with Gasteiger partial charge in [-0.25, -0.2) is 9.97 Å². The topological polar surface area (TPSA) is 87.5 Å². The van der Waals surface area contributed by atoms with E-state index < -0.39 is 12.4 Å². The van der Waals surface area contributed by atoms with Crippen molar-refractivity contribution in [1.82, 2.24) is 15.4 Å². The molecule has 0 radical (unpaired) electrons. The van der Waals surface area contributed by atoms with Crippen molar-refractivity contribution in [1.29, 1.82) is 0 Å². The normalized spacial score (nSPS) is 24.8. The Labute approximate surface area is 153 Å². The van der Waals surface area contributed by atoms with Gasteiger partial charge in [0.1, 0.15) is 12.1 Å². The lowest BCUT2D eigenvalue weighted by atomic mass is 9.52. The molecule has 0 spiro atoms. The van der Waals surface area contributed by atoms with E-state index in [1.807, 2.05) is 24.3 Å². The van der Waals surface area contributed by atoms with E-state index in [4.69, 9.17) is 4.84 Å². The van der Waals surface area contributed by atoms with Crippen LogP contribution in [0.25, 0.3) is 0 Å². The average Bonchev–Trinajstić information content (AvgIpc) is 2.87. The SMILES string of the molecule is CC[C@H]1CCc2c(ncnc2C2(B(O)O)CNOc3ccccc3C2)C1. The first-order valence-corrected chi connectivity index (χ1v) is 9.31. The summed E-state index contributed by atoms with van der Waals surface area (Å²) in [6, 6.07) is 7.67. The van der Waals surface area contributed by atoms with Gasteiger partial charge in [0, 0.05) is 12.2 Å². The number of nitrogens with zero attached hydrogens (tertiary/aromatic N) is 2. The summed E-state index contributed by atoms with van der Waals surface area (Å²) in [7, 11) is -1.56. The molecule has 0 fully saturated rings. The zero-order valence-corrected chi connectivity index (χ0v) is 15.0. The van der Waals surface area contributed by atoms with Crippen molar-refractivity contribution in [2.24, 2.45) is 5.92 Å². The van der Waals surface area contributed by atoms with Crippen LogP contribution in [0.2, 0.25) is 0 Å². The fourth-order valence-corrected chi connectivity index (χ4v) is 4.26. The van der Waals surface area contributed by atoms with Gasteiger partial charge in [-0.2, -0.15) is 5.48 Å². The van der Waals surface area contributed by atoms with E-state index in [-0.39, 0.29) is 6.54 Å². The quantitative estimate of drug-likeness (QED) is 0.723. The number of para-hydroxylation sites is 1. The molecule has 4 rings (SSSR count). The number of aromatic nitrogens is 2. The Morgan fingerprint density at radius 1 is 1.31 bits per heavy atom. The summed E-state index contributed by atoms with van der Waals surface area (Å²) in [5.41, 5.74) is 6.71. The Morgan fingerprint density at radius 3 is 2.96 bits per heavy atom. The van der Waals surface area contributed by atoms with Crippen molar-refractivity contribution >= 4 is 7.12 Å². The standard InChI is InChI=1S/C19H24BN3O3/c1-2-13-7-8-15-16(9-13)21-12-22-18(15)19(20(24)25)10-14-5-3-4-6-17(14)26-23-11-19/h3-6,12-13,23-25H,2,7-11H2,1H3/t13-,19?/m0/s1. The third-order valence-corrected chi connectivity index (χ3v) is 5.91. The molecule has 2 heterocycles. The Kier molecular flexibility index (Phi) is 4.69. The molecule has 1 aliphatic heterocycles. The molecule has 1 aliphatic carbocycles. The first-order chi connectivity index (χ1) is 12.6. The van der Waals surface area contributed by atoms with Gasteiger partial charge in [-0.1, -0.05) is 31.5 Å². The van der Waals surface area contributed by atoms with Crippen molar-refractivity contribution in [3.63, 3.8) is 0 Å². The number of nitrogens with one attached hydrogen (secondary N) is 1. The van der Waals surface area contributed by atoms with Crippen molar-refractivity contribution in [3.05, 3.63) is 53.1 Å². The predicted molar refractivity (Wildman–Crippen MR) is 98.5 cm³/mol. The summed E-state index contributed by atoms with van der Waals surface area (Å²) in [4.78, 5) is 14.7. The number of fused-ring (bicyclic) bond motifs is 2. The monoisotopic (exact) mass is 353 g/mol. The molecule has 7 heteroatoms. The minimum atomic E-state index is -1.56. The van der Waals surface area contributed by atoms with Crippen LogP contribution in [0.3, 0.4) is 0 Å². The molecule has 0 bridgehead atoms. The Hall–Kier alpha value is -1.96. The lowest BCUT2D eigenvalue weighted by molar-refractivity contribution is 0.181. The zero-order valence-electron chi connectivity index (χ0n) is 15.0. The third kappa shape index (κ3) is 2.90. The van der Waals surface area contributed by atoms with Gasteiger partial charge in [-0.15, -0.1) is 0 Å². The van der Waals surface area contributed by atoms with Crippen LogP contribution >= 0.6 is 0 Å². The van der Waals surface area contributed by atoms with Gasteiger partial charge in [0.2, 0.25) is 0 Å². The van der Waals surface area contributed by atoms with E-state index in [0.717, 1.165) is 48.2 Å². The van der Waals surface area contributed by atoms with E-state index in [1.165, 1.54) is 0 Å². The minimum absolute atomic E-state index is 0.264. The van der Waals surface area contributed by atoms with Gasteiger partial charge < -0.3 is 14.9 Å². The van der Waals surface area contributed by atoms with Gasteiger partial charge in [-0.3, -0.25) is 0 Å². The Balaban J connectivity index is 1.81. The van der Waals surface area contributed by atoms with Gasteiger partial charge in [0.25, 0.3) is 0 Å². The maximum Gasteiger partial charge on any atom is 0.466 e. The van der Waals surface area contributed by atoms with Crippen LogP contribution in [0.1, 0.15) is 42.3 Å². The largest absolute Gasteiger partial charge is 0.466 e. The smallest absolute Gasteiger partial charge is 0.426 e. The summed E-state index contributed by atoms with van der Waals surface area (Å²) in [6.45, 7) is 2.47. The summed E-state index contributed by atoms with van der Waals surface area (Å²) in [5.74, 6) is 1.35. The highest BCUT2D eigenvalue weighted by atomic mass is 16.6. The molecule has 2 aliphatic rings.